The lowest BCUT2D eigenvalue weighted by molar-refractivity contribution is -0.127. The molecule has 0 fully saturated rings. The molecule has 0 bridgehead atoms. The number of aliphatic imine (C=N–C) groups is 1. The van der Waals surface area contributed by atoms with Crippen molar-refractivity contribution in [1.82, 2.24) is 15.1 Å². The molecule has 0 unspecified atom stereocenters. The largest absolute Gasteiger partial charge is 0.492 e. The lowest BCUT2D eigenvalue weighted by Gasteiger charge is -2.23. The predicted octanol–water partition coefficient (Wildman–Crippen LogP) is 2.11. The van der Waals surface area contributed by atoms with Crippen molar-refractivity contribution in [3.8, 4) is 5.75 Å². The fourth-order valence-corrected chi connectivity index (χ4v) is 2.26. The molecule has 0 saturated heterocycles. The summed E-state index contributed by atoms with van der Waals surface area (Å²) in [4.78, 5) is 19.7. The number of ether oxygens (including phenoxy) is 2. The Morgan fingerprint density at radius 3 is 2.70 bits per heavy atom. The van der Waals surface area contributed by atoms with Crippen molar-refractivity contribution in [1.29, 1.82) is 0 Å². The highest BCUT2D eigenvalue weighted by molar-refractivity contribution is 6.30. The minimum atomic E-state index is -0.0489. The number of hydrogen-bond donors (Lipinski definition) is 1. The minimum Gasteiger partial charge on any atom is -0.492 e. The van der Waals surface area contributed by atoms with Crippen molar-refractivity contribution in [3.63, 3.8) is 0 Å². The van der Waals surface area contributed by atoms with Crippen LogP contribution in [0, 0.1) is 0 Å². The number of guanidine groups is 1. The third kappa shape index (κ3) is 10.1. The zero-order chi connectivity index (χ0) is 20.1. The Labute approximate surface area is 167 Å². The molecule has 0 aliphatic heterocycles. The van der Waals surface area contributed by atoms with Crippen molar-refractivity contribution < 1.29 is 14.3 Å². The predicted molar refractivity (Wildman–Crippen MR) is 110 cm³/mol. The number of carbonyl (C=O) groups is 1. The number of nitrogens with zero attached hydrogens (tertiary/aromatic N) is 3. The molecule has 1 aromatic carbocycles. The van der Waals surface area contributed by atoms with E-state index in [1.165, 1.54) is 4.90 Å². The number of nitrogens with one attached hydrogen (secondary N) is 1. The first-order chi connectivity index (χ1) is 12.9. The first-order valence-electron chi connectivity index (χ1n) is 9.09. The molecule has 0 aromatic heterocycles. The first kappa shape index (κ1) is 23.0. The molecule has 27 heavy (non-hydrogen) atoms. The van der Waals surface area contributed by atoms with Gasteiger partial charge in [0.25, 0.3) is 0 Å². The number of carbonyl (C=O) groups excluding carboxylic acids is 1. The fourth-order valence-electron chi connectivity index (χ4n) is 2.08. The van der Waals surface area contributed by atoms with Crippen LogP contribution < -0.4 is 10.1 Å². The molecular formula is C19H31ClN4O3. The zero-order valence-corrected chi connectivity index (χ0v) is 17.5. The van der Waals surface area contributed by atoms with Crippen molar-refractivity contribution in [2.75, 3.05) is 60.6 Å². The van der Waals surface area contributed by atoms with Gasteiger partial charge >= 0.3 is 0 Å². The molecule has 1 rings (SSSR count). The van der Waals surface area contributed by atoms with Crippen LogP contribution in [0.2, 0.25) is 5.02 Å². The van der Waals surface area contributed by atoms with Gasteiger partial charge in [0, 0.05) is 45.9 Å². The summed E-state index contributed by atoms with van der Waals surface area (Å²) >= 11 is 5.96. The van der Waals surface area contributed by atoms with Crippen LogP contribution in [0.5, 0.6) is 5.75 Å². The molecule has 152 valence electrons. The molecule has 0 aliphatic rings. The monoisotopic (exact) mass is 398 g/mol. The lowest BCUT2D eigenvalue weighted by atomic mass is 10.3. The second-order valence-corrected chi connectivity index (χ2v) is 6.57. The van der Waals surface area contributed by atoms with Gasteiger partial charge in [-0.25, -0.2) is 4.99 Å². The summed E-state index contributed by atoms with van der Waals surface area (Å²) in [6.07, 6.45) is 0.862. The maximum atomic E-state index is 11.8. The van der Waals surface area contributed by atoms with Gasteiger partial charge in [-0.15, -0.1) is 0 Å². The summed E-state index contributed by atoms with van der Waals surface area (Å²) < 4.78 is 11.1. The van der Waals surface area contributed by atoms with E-state index in [2.05, 4.69) is 10.3 Å². The van der Waals surface area contributed by atoms with Gasteiger partial charge in [-0.1, -0.05) is 17.7 Å². The normalized spacial score (nSPS) is 11.2. The quantitative estimate of drug-likeness (QED) is 0.351. The van der Waals surface area contributed by atoms with E-state index < -0.39 is 0 Å². The molecule has 8 heteroatoms. The molecule has 1 amide bonds. The number of halogens is 1. The third-order valence-electron chi connectivity index (χ3n) is 3.67. The maximum absolute atomic E-state index is 11.8. The Hall–Kier alpha value is -1.99. The summed E-state index contributed by atoms with van der Waals surface area (Å²) in [5, 5.41) is 3.92. The molecule has 1 aromatic rings. The van der Waals surface area contributed by atoms with Crippen LogP contribution in [-0.4, -0.2) is 82.3 Å². The average Bonchev–Trinajstić information content (AvgIpc) is 2.63. The topological polar surface area (TPSA) is 66.4 Å². The minimum absolute atomic E-state index is 0.0489. The highest BCUT2D eigenvalue weighted by Gasteiger charge is 2.09. The van der Waals surface area contributed by atoms with E-state index in [9.17, 15) is 4.79 Å². The SMILES string of the molecule is CCOCCCNC(=NCC(=O)N(C)C)N(C)CCOc1cccc(Cl)c1. The van der Waals surface area contributed by atoms with Crippen molar-refractivity contribution in [2.45, 2.75) is 13.3 Å². The lowest BCUT2D eigenvalue weighted by Crippen LogP contribution is -2.42. The average molecular weight is 399 g/mol. The molecule has 0 saturated carbocycles. The van der Waals surface area contributed by atoms with Gasteiger partial charge in [0.05, 0.1) is 6.54 Å². The van der Waals surface area contributed by atoms with E-state index in [0.717, 1.165) is 12.2 Å². The van der Waals surface area contributed by atoms with E-state index in [-0.39, 0.29) is 12.5 Å². The number of amides is 1. The Morgan fingerprint density at radius 2 is 2.04 bits per heavy atom. The van der Waals surface area contributed by atoms with Crippen LogP contribution in [0.15, 0.2) is 29.3 Å². The first-order valence-corrected chi connectivity index (χ1v) is 9.47. The maximum Gasteiger partial charge on any atom is 0.243 e. The van der Waals surface area contributed by atoms with Crippen LogP contribution in [0.4, 0.5) is 0 Å². The Bertz CT molecular complexity index is 596. The Kier molecular flexibility index (Phi) is 11.3. The smallest absolute Gasteiger partial charge is 0.243 e. The van der Waals surface area contributed by atoms with Gasteiger partial charge in [0.2, 0.25) is 5.91 Å². The molecule has 7 nitrogen and oxygen atoms in total. The molecule has 0 radical (unpaired) electrons. The van der Waals surface area contributed by atoms with E-state index in [1.54, 1.807) is 26.2 Å². The van der Waals surface area contributed by atoms with Crippen LogP contribution in [-0.2, 0) is 9.53 Å². The molecule has 1 N–H and O–H groups in total. The molecule has 0 atom stereocenters. The Balaban J connectivity index is 2.54. The van der Waals surface area contributed by atoms with Gasteiger partial charge in [0.15, 0.2) is 5.96 Å². The second kappa shape index (κ2) is 13.2. The van der Waals surface area contributed by atoms with Gasteiger partial charge in [-0.3, -0.25) is 4.79 Å². The second-order valence-electron chi connectivity index (χ2n) is 6.13. The van der Waals surface area contributed by atoms with Gasteiger partial charge in [-0.2, -0.15) is 0 Å². The number of likely N-dealkylation sites (N-methyl/N-ethyl adjacent to an activating group) is 2. The summed E-state index contributed by atoms with van der Waals surface area (Å²) in [6, 6.07) is 7.29. The number of hydrogen-bond acceptors (Lipinski definition) is 4. The number of benzene rings is 1. The third-order valence-corrected chi connectivity index (χ3v) is 3.90. The van der Waals surface area contributed by atoms with Crippen molar-refractivity contribution >= 4 is 23.5 Å². The van der Waals surface area contributed by atoms with Crippen LogP contribution in [0.1, 0.15) is 13.3 Å². The van der Waals surface area contributed by atoms with Crippen LogP contribution >= 0.6 is 11.6 Å². The van der Waals surface area contributed by atoms with Crippen LogP contribution in [0.25, 0.3) is 0 Å². The summed E-state index contributed by atoms with van der Waals surface area (Å²) in [6.45, 7) is 5.27. The fraction of sp³-hybridized carbons (Fsp3) is 0.579. The summed E-state index contributed by atoms with van der Waals surface area (Å²) in [7, 11) is 5.35. The van der Waals surface area contributed by atoms with Crippen molar-refractivity contribution in [3.05, 3.63) is 29.3 Å². The summed E-state index contributed by atoms with van der Waals surface area (Å²) in [5.41, 5.74) is 0. The molecular weight excluding hydrogens is 368 g/mol. The molecule has 0 aliphatic carbocycles. The van der Waals surface area contributed by atoms with Gasteiger partial charge < -0.3 is 24.6 Å². The molecule has 0 heterocycles. The van der Waals surface area contributed by atoms with E-state index in [1.807, 2.05) is 31.0 Å². The number of rotatable bonds is 11. The van der Waals surface area contributed by atoms with E-state index in [0.29, 0.717) is 43.9 Å². The highest BCUT2D eigenvalue weighted by Crippen LogP contribution is 2.16. The van der Waals surface area contributed by atoms with Crippen molar-refractivity contribution in [2.24, 2.45) is 4.99 Å². The van der Waals surface area contributed by atoms with E-state index >= 15 is 0 Å². The Morgan fingerprint density at radius 1 is 1.26 bits per heavy atom. The standard InChI is InChI=1S/C19H31ClN4O3/c1-5-26-12-7-10-21-19(22-15-18(25)23(2)3)24(4)11-13-27-17-9-6-8-16(20)14-17/h6,8-9,14H,5,7,10-13,15H2,1-4H3,(H,21,22). The van der Waals surface area contributed by atoms with E-state index in [4.69, 9.17) is 21.1 Å². The summed E-state index contributed by atoms with van der Waals surface area (Å²) in [5.74, 6) is 1.34. The molecule has 0 spiro atoms. The highest BCUT2D eigenvalue weighted by atomic mass is 35.5. The van der Waals surface area contributed by atoms with Gasteiger partial charge in [0.1, 0.15) is 18.9 Å². The van der Waals surface area contributed by atoms with Crippen LogP contribution in [0.3, 0.4) is 0 Å². The van der Waals surface area contributed by atoms with Gasteiger partial charge in [-0.05, 0) is 31.5 Å². The zero-order valence-electron chi connectivity index (χ0n) is 16.7.